The summed E-state index contributed by atoms with van der Waals surface area (Å²) >= 11 is 0. The molecule has 3 rings (SSSR count). The van der Waals surface area contributed by atoms with Crippen LogP contribution in [0, 0.1) is 12.7 Å². The standard InChI is InChI=1S/C15H14FN5/c1-11-18-19-20-21(11)14-7-4-6-13(9-14)17-10-12-5-2-3-8-15(12)16/h2-9,17H,10H2,1H3. The van der Waals surface area contributed by atoms with Crippen LogP contribution in [0.25, 0.3) is 5.69 Å². The molecule has 106 valence electrons. The average Bonchev–Trinajstić information content (AvgIpc) is 2.93. The molecule has 5 nitrogen and oxygen atoms in total. The minimum absolute atomic E-state index is 0.211. The number of aryl methyl sites for hydroxylation is 1. The van der Waals surface area contributed by atoms with Crippen LogP contribution in [-0.4, -0.2) is 20.2 Å². The van der Waals surface area contributed by atoms with Crippen molar-refractivity contribution in [2.75, 3.05) is 5.32 Å². The zero-order chi connectivity index (χ0) is 14.7. The molecule has 0 unspecified atom stereocenters. The predicted octanol–water partition coefficient (Wildman–Crippen LogP) is 2.72. The van der Waals surface area contributed by atoms with Gasteiger partial charge in [-0.1, -0.05) is 24.3 Å². The molecule has 6 heteroatoms. The summed E-state index contributed by atoms with van der Waals surface area (Å²) in [5, 5.41) is 14.6. The highest BCUT2D eigenvalue weighted by Gasteiger charge is 2.05. The van der Waals surface area contributed by atoms with Gasteiger partial charge in [-0.2, -0.15) is 4.68 Å². The van der Waals surface area contributed by atoms with Crippen LogP contribution in [-0.2, 0) is 6.54 Å². The van der Waals surface area contributed by atoms with Gasteiger partial charge in [0.1, 0.15) is 5.82 Å². The van der Waals surface area contributed by atoms with E-state index in [-0.39, 0.29) is 5.82 Å². The third kappa shape index (κ3) is 2.89. The molecule has 0 fully saturated rings. The Balaban J connectivity index is 1.78. The molecule has 1 heterocycles. The van der Waals surface area contributed by atoms with E-state index in [1.807, 2.05) is 37.3 Å². The van der Waals surface area contributed by atoms with Crippen molar-refractivity contribution in [1.82, 2.24) is 20.2 Å². The first-order valence-electron chi connectivity index (χ1n) is 6.57. The van der Waals surface area contributed by atoms with Crippen molar-refractivity contribution in [3.63, 3.8) is 0 Å². The van der Waals surface area contributed by atoms with Crippen LogP contribution in [0.4, 0.5) is 10.1 Å². The molecule has 21 heavy (non-hydrogen) atoms. The summed E-state index contributed by atoms with van der Waals surface area (Å²) in [4.78, 5) is 0. The van der Waals surface area contributed by atoms with Crippen molar-refractivity contribution in [2.45, 2.75) is 13.5 Å². The molecule has 2 aromatic carbocycles. The summed E-state index contributed by atoms with van der Waals surface area (Å²) in [6, 6.07) is 14.4. The second-order valence-electron chi connectivity index (χ2n) is 4.63. The Morgan fingerprint density at radius 2 is 2.00 bits per heavy atom. The molecule has 0 aliphatic rings. The second kappa shape index (κ2) is 5.70. The van der Waals surface area contributed by atoms with E-state index in [0.29, 0.717) is 17.9 Å². The fourth-order valence-electron chi connectivity index (χ4n) is 2.06. The van der Waals surface area contributed by atoms with Crippen molar-refractivity contribution >= 4 is 5.69 Å². The summed E-state index contributed by atoms with van der Waals surface area (Å²) in [6.07, 6.45) is 0. The van der Waals surface area contributed by atoms with Crippen LogP contribution in [0.15, 0.2) is 48.5 Å². The van der Waals surface area contributed by atoms with E-state index >= 15 is 0 Å². The summed E-state index contributed by atoms with van der Waals surface area (Å²) in [7, 11) is 0. The van der Waals surface area contributed by atoms with E-state index in [1.165, 1.54) is 6.07 Å². The Kier molecular flexibility index (Phi) is 3.59. The topological polar surface area (TPSA) is 55.6 Å². The van der Waals surface area contributed by atoms with Gasteiger partial charge in [0, 0.05) is 17.8 Å². The molecule has 0 aliphatic heterocycles. The molecule has 0 aliphatic carbocycles. The molecule has 0 amide bonds. The number of halogens is 1. The molecular weight excluding hydrogens is 269 g/mol. The van der Waals surface area contributed by atoms with E-state index in [0.717, 1.165) is 11.4 Å². The lowest BCUT2D eigenvalue weighted by atomic mass is 10.2. The van der Waals surface area contributed by atoms with E-state index < -0.39 is 0 Å². The summed E-state index contributed by atoms with van der Waals surface area (Å²) < 4.78 is 15.2. The molecule has 0 spiro atoms. The van der Waals surface area contributed by atoms with Crippen LogP contribution in [0.2, 0.25) is 0 Å². The van der Waals surface area contributed by atoms with Gasteiger partial charge < -0.3 is 5.32 Å². The monoisotopic (exact) mass is 283 g/mol. The average molecular weight is 283 g/mol. The summed E-state index contributed by atoms with van der Waals surface area (Å²) in [5.74, 6) is 0.499. The normalized spacial score (nSPS) is 10.6. The van der Waals surface area contributed by atoms with Crippen LogP contribution in [0.3, 0.4) is 0 Å². The minimum Gasteiger partial charge on any atom is -0.381 e. The smallest absolute Gasteiger partial charge is 0.153 e. The quantitative estimate of drug-likeness (QED) is 0.800. The SMILES string of the molecule is Cc1nnnn1-c1cccc(NCc2ccccc2F)c1. The largest absolute Gasteiger partial charge is 0.381 e. The van der Waals surface area contributed by atoms with E-state index in [2.05, 4.69) is 20.8 Å². The number of rotatable bonds is 4. The maximum Gasteiger partial charge on any atom is 0.153 e. The van der Waals surface area contributed by atoms with Crippen LogP contribution in [0.5, 0.6) is 0 Å². The van der Waals surface area contributed by atoms with Crippen LogP contribution in [0.1, 0.15) is 11.4 Å². The van der Waals surface area contributed by atoms with Crippen molar-refractivity contribution in [2.24, 2.45) is 0 Å². The third-order valence-corrected chi connectivity index (χ3v) is 3.16. The Labute approximate surface area is 121 Å². The van der Waals surface area contributed by atoms with Gasteiger partial charge in [0.05, 0.1) is 5.69 Å². The molecule has 1 N–H and O–H groups in total. The Hall–Kier alpha value is -2.76. The van der Waals surface area contributed by atoms with Gasteiger partial charge in [-0.3, -0.25) is 0 Å². The first kappa shape index (κ1) is 13.2. The third-order valence-electron chi connectivity index (χ3n) is 3.16. The second-order valence-corrected chi connectivity index (χ2v) is 4.63. The lowest BCUT2D eigenvalue weighted by Gasteiger charge is -2.09. The molecule has 0 saturated carbocycles. The predicted molar refractivity (Wildman–Crippen MR) is 77.6 cm³/mol. The fourth-order valence-corrected chi connectivity index (χ4v) is 2.06. The van der Waals surface area contributed by atoms with E-state index in [9.17, 15) is 4.39 Å². The highest BCUT2D eigenvalue weighted by molar-refractivity contribution is 5.51. The van der Waals surface area contributed by atoms with Gasteiger partial charge >= 0.3 is 0 Å². The van der Waals surface area contributed by atoms with Crippen molar-refractivity contribution < 1.29 is 4.39 Å². The maximum atomic E-state index is 13.6. The number of nitrogens with one attached hydrogen (secondary N) is 1. The number of nitrogens with zero attached hydrogens (tertiary/aromatic N) is 4. The van der Waals surface area contributed by atoms with E-state index in [1.54, 1.807) is 16.8 Å². The molecule has 3 aromatic rings. The van der Waals surface area contributed by atoms with Crippen molar-refractivity contribution in [3.05, 3.63) is 65.7 Å². The Bertz CT molecular complexity index is 753. The van der Waals surface area contributed by atoms with Gasteiger partial charge in [-0.15, -0.1) is 5.10 Å². The lowest BCUT2D eigenvalue weighted by Crippen LogP contribution is -2.04. The number of hydrogen-bond donors (Lipinski definition) is 1. The van der Waals surface area contributed by atoms with E-state index in [4.69, 9.17) is 0 Å². The molecule has 0 atom stereocenters. The molecule has 0 bridgehead atoms. The van der Waals surface area contributed by atoms with Crippen LogP contribution >= 0.6 is 0 Å². The highest BCUT2D eigenvalue weighted by atomic mass is 19.1. The number of aromatic nitrogens is 4. The zero-order valence-corrected chi connectivity index (χ0v) is 11.5. The van der Waals surface area contributed by atoms with Crippen molar-refractivity contribution in [3.8, 4) is 5.69 Å². The number of anilines is 1. The first-order chi connectivity index (χ1) is 10.2. The Morgan fingerprint density at radius 3 is 2.76 bits per heavy atom. The van der Waals surface area contributed by atoms with Gasteiger partial charge in [0.15, 0.2) is 5.82 Å². The van der Waals surface area contributed by atoms with Gasteiger partial charge in [0.2, 0.25) is 0 Å². The van der Waals surface area contributed by atoms with Gasteiger partial charge in [-0.25, -0.2) is 4.39 Å². The zero-order valence-electron chi connectivity index (χ0n) is 11.5. The van der Waals surface area contributed by atoms with Crippen LogP contribution < -0.4 is 5.32 Å². The number of tetrazole rings is 1. The molecule has 1 aromatic heterocycles. The lowest BCUT2D eigenvalue weighted by molar-refractivity contribution is 0.613. The fraction of sp³-hybridized carbons (Fsp3) is 0.133. The maximum absolute atomic E-state index is 13.6. The molecule has 0 radical (unpaired) electrons. The first-order valence-corrected chi connectivity index (χ1v) is 6.57. The summed E-state index contributed by atoms with van der Waals surface area (Å²) in [6.45, 7) is 2.25. The van der Waals surface area contributed by atoms with Crippen molar-refractivity contribution in [1.29, 1.82) is 0 Å². The number of benzene rings is 2. The van der Waals surface area contributed by atoms with Gasteiger partial charge in [-0.05, 0) is 41.6 Å². The molecular formula is C15H14FN5. The summed E-state index contributed by atoms with van der Waals surface area (Å²) in [5.41, 5.74) is 2.36. The highest BCUT2D eigenvalue weighted by Crippen LogP contribution is 2.16. The molecule has 0 saturated heterocycles. The Morgan fingerprint density at radius 1 is 1.14 bits per heavy atom. The number of hydrogen-bond acceptors (Lipinski definition) is 4. The van der Waals surface area contributed by atoms with Gasteiger partial charge in [0.25, 0.3) is 0 Å². The minimum atomic E-state index is -0.211.